The molecule has 1 N–H and O–H groups in total. The summed E-state index contributed by atoms with van der Waals surface area (Å²) in [6, 6.07) is 6.38. The molecule has 1 fully saturated rings. The summed E-state index contributed by atoms with van der Waals surface area (Å²) >= 11 is 0. The molecule has 0 saturated carbocycles. The molecule has 0 aliphatic carbocycles. The van der Waals surface area contributed by atoms with Crippen molar-refractivity contribution >= 4 is 10.0 Å². The second-order valence-corrected chi connectivity index (χ2v) is 7.20. The summed E-state index contributed by atoms with van der Waals surface area (Å²) in [6.45, 7) is 4.72. The second kappa shape index (κ2) is 6.11. The van der Waals surface area contributed by atoms with Crippen molar-refractivity contribution < 1.29 is 18.3 Å². The number of hydrogen-bond donors (Lipinski definition) is 1. The predicted octanol–water partition coefficient (Wildman–Crippen LogP) is 1.48. The van der Waals surface area contributed by atoms with Crippen LogP contribution in [0.5, 0.6) is 5.75 Å². The fraction of sp³-hybridized carbons (Fsp3) is 0.571. The van der Waals surface area contributed by atoms with E-state index in [0.29, 0.717) is 18.2 Å². The maximum atomic E-state index is 12.6. The molecule has 1 aromatic carbocycles. The van der Waals surface area contributed by atoms with E-state index in [0.717, 1.165) is 6.42 Å². The zero-order chi connectivity index (χ0) is 14.8. The average molecular weight is 299 g/mol. The van der Waals surface area contributed by atoms with Crippen molar-refractivity contribution in [3.63, 3.8) is 0 Å². The van der Waals surface area contributed by atoms with E-state index in [1.807, 2.05) is 6.92 Å². The SMILES string of the molecule is CC1CC(C)N(S(=O)(=O)c2ccc(OCCO)cc2)C1. The van der Waals surface area contributed by atoms with Gasteiger partial charge in [0.25, 0.3) is 0 Å². The molecule has 1 heterocycles. The standard InChI is InChI=1S/C14H21NO4S/c1-11-9-12(2)15(10-11)20(17,18)14-5-3-13(4-6-14)19-8-7-16/h3-6,11-12,16H,7-10H2,1-2H3. The van der Waals surface area contributed by atoms with Gasteiger partial charge in [0.15, 0.2) is 0 Å². The lowest BCUT2D eigenvalue weighted by atomic mass is 10.1. The molecule has 2 unspecified atom stereocenters. The third kappa shape index (κ3) is 3.13. The van der Waals surface area contributed by atoms with Gasteiger partial charge in [-0.05, 0) is 43.5 Å². The topological polar surface area (TPSA) is 66.8 Å². The maximum absolute atomic E-state index is 12.6. The van der Waals surface area contributed by atoms with E-state index < -0.39 is 10.0 Å². The van der Waals surface area contributed by atoms with Gasteiger partial charge in [0, 0.05) is 12.6 Å². The normalized spacial score (nSPS) is 23.9. The first-order valence-electron chi connectivity index (χ1n) is 6.80. The quantitative estimate of drug-likeness (QED) is 0.894. The van der Waals surface area contributed by atoms with Crippen LogP contribution >= 0.6 is 0 Å². The van der Waals surface area contributed by atoms with Gasteiger partial charge in [0.2, 0.25) is 10.0 Å². The molecule has 2 rings (SSSR count). The van der Waals surface area contributed by atoms with Crippen LogP contribution in [0.2, 0.25) is 0 Å². The fourth-order valence-electron chi connectivity index (χ4n) is 2.60. The average Bonchev–Trinajstić information content (AvgIpc) is 2.76. The van der Waals surface area contributed by atoms with Crippen LogP contribution in [0.25, 0.3) is 0 Å². The largest absolute Gasteiger partial charge is 0.491 e. The fourth-order valence-corrected chi connectivity index (χ4v) is 4.36. The lowest BCUT2D eigenvalue weighted by Crippen LogP contribution is -2.33. The summed E-state index contributed by atoms with van der Waals surface area (Å²) in [5.41, 5.74) is 0. The van der Waals surface area contributed by atoms with Gasteiger partial charge in [-0.3, -0.25) is 0 Å². The summed E-state index contributed by atoms with van der Waals surface area (Å²) in [7, 11) is -3.43. The van der Waals surface area contributed by atoms with Crippen LogP contribution in [0.1, 0.15) is 20.3 Å². The van der Waals surface area contributed by atoms with Gasteiger partial charge in [0.1, 0.15) is 12.4 Å². The van der Waals surface area contributed by atoms with Crippen LogP contribution in [0, 0.1) is 5.92 Å². The molecule has 0 amide bonds. The van der Waals surface area contributed by atoms with Crippen LogP contribution in [-0.4, -0.2) is 43.6 Å². The molecule has 1 aliphatic rings. The molecule has 0 radical (unpaired) electrons. The summed E-state index contributed by atoms with van der Waals surface area (Å²) < 4.78 is 31.9. The van der Waals surface area contributed by atoms with Crippen molar-refractivity contribution in [2.24, 2.45) is 5.92 Å². The number of hydrogen-bond acceptors (Lipinski definition) is 4. The van der Waals surface area contributed by atoms with Crippen LogP contribution in [-0.2, 0) is 10.0 Å². The van der Waals surface area contributed by atoms with Crippen LogP contribution in [0.4, 0.5) is 0 Å². The monoisotopic (exact) mass is 299 g/mol. The first-order valence-corrected chi connectivity index (χ1v) is 8.24. The van der Waals surface area contributed by atoms with E-state index in [2.05, 4.69) is 6.92 Å². The molecule has 1 aliphatic heterocycles. The van der Waals surface area contributed by atoms with E-state index >= 15 is 0 Å². The summed E-state index contributed by atoms with van der Waals surface area (Å²) in [6.07, 6.45) is 0.900. The van der Waals surface area contributed by atoms with E-state index in [4.69, 9.17) is 9.84 Å². The minimum absolute atomic E-state index is 0.0420. The Labute approximate surface area is 120 Å². The zero-order valence-corrected chi connectivity index (χ0v) is 12.6. The number of aliphatic hydroxyl groups is 1. The van der Waals surface area contributed by atoms with Crippen molar-refractivity contribution in [2.45, 2.75) is 31.2 Å². The number of aliphatic hydroxyl groups excluding tert-OH is 1. The number of ether oxygens (including phenoxy) is 1. The van der Waals surface area contributed by atoms with E-state index in [1.165, 1.54) is 0 Å². The van der Waals surface area contributed by atoms with Crippen molar-refractivity contribution in [3.8, 4) is 5.75 Å². The van der Waals surface area contributed by atoms with Crippen LogP contribution < -0.4 is 4.74 Å². The van der Waals surface area contributed by atoms with Crippen molar-refractivity contribution in [3.05, 3.63) is 24.3 Å². The first kappa shape index (κ1) is 15.3. The van der Waals surface area contributed by atoms with Gasteiger partial charge < -0.3 is 9.84 Å². The Morgan fingerprint density at radius 2 is 1.95 bits per heavy atom. The predicted molar refractivity (Wildman–Crippen MR) is 76.2 cm³/mol. The molecule has 112 valence electrons. The second-order valence-electron chi connectivity index (χ2n) is 5.31. The van der Waals surface area contributed by atoms with Crippen molar-refractivity contribution in [1.29, 1.82) is 0 Å². The van der Waals surface area contributed by atoms with Gasteiger partial charge in [-0.25, -0.2) is 8.42 Å². The molecule has 1 aromatic rings. The Hall–Kier alpha value is -1.11. The number of sulfonamides is 1. The lowest BCUT2D eigenvalue weighted by Gasteiger charge is -2.21. The molecule has 0 spiro atoms. The van der Waals surface area contributed by atoms with Crippen LogP contribution in [0.15, 0.2) is 29.2 Å². The smallest absolute Gasteiger partial charge is 0.243 e. The lowest BCUT2D eigenvalue weighted by molar-refractivity contribution is 0.201. The maximum Gasteiger partial charge on any atom is 0.243 e. The highest BCUT2D eigenvalue weighted by Gasteiger charge is 2.35. The molecule has 0 aromatic heterocycles. The zero-order valence-electron chi connectivity index (χ0n) is 11.8. The Kier molecular flexibility index (Phi) is 4.67. The highest BCUT2D eigenvalue weighted by Crippen LogP contribution is 2.29. The molecule has 2 atom stereocenters. The molecule has 6 heteroatoms. The van der Waals surface area contributed by atoms with Gasteiger partial charge in [-0.15, -0.1) is 0 Å². The van der Waals surface area contributed by atoms with E-state index in [-0.39, 0.29) is 24.2 Å². The minimum Gasteiger partial charge on any atom is -0.491 e. The van der Waals surface area contributed by atoms with Crippen LogP contribution in [0.3, 0.4) is 0 Å². The molecule has 1 saturated heterocycles. The Balaban J connectivity index is 2.17. The van der Waals surface area contributed by atoms with Gasteiger partial charge in [-0.2, -0.15) is 4.31 Å². The van der Waals surface area contributed by atoms with Gasteiger partial charge in [-0.1, -0.05) is 6.92 Å². The Morgan fingerprint density at radius 1 is 1.30 bits per heavy atom. The van der Waals surface area contributed by atoms with Crippen molar-refractivity contribution in [1.82, 2.24) is 4.31 Å². The minimum atomic E-state index is -3.43. The van der Waals surface area contributed by atoms with E-state index in [1.54, 1.807) is 28.6 Å². The highest BCUT2D eigenvalue weighted by atomic mass is 32.2. The Bertz CT molecular complexity index is 541. The molecule has 20 heavy (non-hydrogen) atoms. The summed E-state index contributed by atoms with van der Waals surface area (Å²) in [5.74, 6) is 0.952. The number of benzene rings is 1. The molecular formula is C14H21NO4S. The molecule has 0 bridgehead atoms. The van der Waals surface area contributed by atoms with E-state index in [9.17, 15) is 8.42 Å². The third-order valence-corrected chi connectivity index (χ3v) is 5.51. The number of rotatable bonds is 5. The highest BCUT2D eigenvalue weighted by molar-refractivity contribution is 7.89. The van der Waals surface area contributed by atoms with Gasteiger partial charge >= 0.3 is 0 Å². The van der Waals surface area contributed by atoms with Crippen molar-refractivity contribution in [2.75, 3.05) is 19.8 Å². The Morgan fingerprint density at radius 3 is 2.45 bits per heavy atom. The summed E-state index contributed by atoms with van der Waals surface area (Å²) in [5, 5.41) is 8.68. The molecular weight excluding hydrogens is 278 g/mol. The first-order chi connectivity index (χ1) is 9.45. The van der Waals surface area contributed by atoms with Gasteiger partial charge in [0.05, 0.1) is 11.5 Å². The number of nitrogens with zero attached hydrogens (tertiary/aromatic N) is 1. The third-order valence-electron chi connectivity index (χ3n) is 3.52. The molecule has 5 nitrogen and oxygen atoms in total. The summed E-state index contributed by atoms with van der Waals surface area (Å²) in [4.78, 5) is 0.287.